The maximum Gasteiger partial charge on any atom is 0.0343 e. The first kappa shape index (κ1) is 21.5. The molecule has 7 aromatic carbocycles. The van der Waals surface area contributed by atoms with Gasteiger partial charge in [-0.3, -0.25) is 0 Å². The van der Waals surface area contributed by atoms with Gasteiger partial charge in [-0.05, 0) is 102 Å². The number of anilines is 2. The summed E-state index contributed by atoms with van der Waals surface area (Å²) in [5, 5.41) is 13.1. The van der Waals surface area contributed by atoms with Crippen molar-refractivity contribution < 1.29 is 0 Å². The molecule has 0 aliphatic rings. The van der Waals surface area contributed by atoms with Crippen LogP contribution in [0.15, 0.2) is 121 Å². The number of hydrogen-bond acceptors (Lipinski definition) is 2. The Bertz CT molecular complexity index is 1930. The van der Waals surface area contributed by atoms with E-state index in [1.54, 1.807) is 0 Å². The summed E-state index contributed by atoms with van der Waals surface area (Å²) in [5.74, 6) is 0. The molecule has 0 bridgehead atoms. The lowest BCUT2D eigenvalue weighted by Crippen LogP contribution is -1.92. The average molecular weight is 475 g/mol. The smallest absolute Gasteiger partial charge is 0.0343 e. The van der Waals surface area contributed by atoms with Crippen molar-refractivity contribution in [2.75, 3.05) is 18.1 Å². The molecule has 0 amide bonds. The van der Waals surface area contributed by atoms with Crippen LogP contribution in [-0.2, 0) is 0 Å². The molecule has 3 N–H and O–H groups in total. The van der Waals surface area contributed by atoms with Crippen molar-refractivity contribution in [3.8, 4) is 22.3 Å². The number of nitrogens with two attached hydrogens (primary N) is 1. The van der Waals surface area contributed by atoms with E-state index < -0.39 is 0 Å². The fourth-order valence-corrected chi connectivity index (χ4v) is 5.73. The van der Waals surface area contributed by atoms with E-state index in [1.807, 2.05) is 13.1 Å². The molecule has 0 radical (unpaired) electrons. The van der Waals surface area contributed by atoms with Gasteiger partial charge < -0.3 is 11.1 Å². The van der Waals surface area contributed by atoms with Crippen LogP contribution in [0.1, 0.15) is 0 Å². The molecule has 0 aromatic heterocycles. The molecule has 7 aromatic rings. The minimum Gasteiger partial charge on any atom is -0.399 e. The molecule has 0 heterocycles. The summed E-state index contributed by atoms with van der Waals surface area (Å²) in [6, 6.07) is 43.8. The van der Waals surface area contributed by atoms with Crippen molar-refractivity contribution in [3.63, 3.8) is 0 Å². The molecule has 0 aliphatic heterocycles. The van der Waals surface area contributed by atoms with Crippen molar-refractivity contribution in [2.24, 2.45) is 0 Å². The van der Waals surface area contributed by atoms with Gasteiger partial charge in [0, 0.05) is 18.4 Å². The van der Waals surface area contributed by atoms with Gasteiger partial charge in [0.05, 0.1) is 0 Å². The summed E-state index contributed by atoms with van der Waals surface area (Å²) in [6.45, 7) is 0. The second-order valence-corrected chi connectivity index (χ2v) is 9.69. The van der Waals surface area contributed by atoms with Gasteiger partial charge in [0.1, 0.15) is 0 Å². The number of nitrogens with one attached hydrogen (secondary N) is 1. The zero-order chi connectivity index (χ0) is 24.9. The van der Waals surface area contributed by atoms with E-state index in [2.05, 4.69) is 121 Å². The lowest BCUT2D eigenvalue weighted by atomic mass is 9.85. The zero-order valence-corrected chi connectivity index (χ0v) is 20.6. The predicted octanol–water partition coefficient (Wildman–Crippen LogP) is 9.26. The molecule has 0 atom stereocenters. The topological polar surface area (TPSA) is 38.0 Å². The normalized spacial score (nSPS) is 11.5. The number of hydrogen-bond donors (Lipinski definition) is 2. The summed E-state index contributed by atoms with van der Waals surface area (Å²) in [7, 11) is 1.96. The third-order valence-corrected chi connectivity index (χ3v) is 7.50. The summed E-state index contributed by atoms with van der Waals surface area (Å²) >= 11 is 0. The third kappa shape index (κ3) is 3.49. The van der Waals surface area contributed by atoms with Crippen molar-refractivity contribution >= 4 is 54.5 Å². The lowest BCUT2D eigenvalue weighted by Gasteiger charge is -2.18. The highest BCUT2D eigenvalue weighted by molar-refractivity contribution is 6.22. The van der Waals surface area contributed by atoms with Gasteiger partial charge in [0.25, 0.3) is 0 Å². The second kappa shape index (κ2) is 8.39. The molecule has 0 saturated carbocycles. The van der Waals surface area contributed by atoms with Crippen LogP contribution in [0, 0.1) is 0 Å². The van der Waals surface area contributed by atoms with Gasteiger partial charge in [0.2, 0.25) is 0 Å². The van der Waals surface area contributed by atoms with Crippen molar-refractivity contribution in [1.29, 1.82) is 0 Å². The Morgan fingerprint density at radius 1 is 0.459 bits per heavy atom. The van der Waals surface area contributed by atoms with E-state index in [-0.39, 0.29) is 0 Å². The number of nitrogen functional groups attached to an aromatic ring is 1. The predicted molar refractivity (Wildman–Crippen MR) is 161 cm³/mol. The molecule has 0 spiro atoms. The highest BCUT2D eigenvalue weighted by Crippen LogP contribution is 2.44. The SMILES string of the molecule is CNc1ccc2ccc(-c3c4ccccc4c(-c4ccc5ccc(N)cc5c4)c4ccccc34)cc2c1. The van der Waals surface area contributed by atoms with E-state index in [0.717, 1.165) is 16.8 Å². The molecule has 0 saturated heterocycles. The van der Waals surface area contributed by atoms with Crippen molar-refractivity contribution in [3.05, 3.63) is 121 Å². The quantitative estimate of drug-likeness (QED) is 0.198. The number of benzene rings is 7. The minimum atomic E-state index is 0.785. The van der Waals surface area contributed by atoms with Crippen molar-refractivity contribution in [1.82, 2.24) is 0 Å². The lowest BCUT2D eigenvalue weighted by molar-refractivity contribution is 1.53. The fraction of sp³-hybridized carbons (Fsp3) is 0.0286. The van der Waals surface area contributed by atoms with E-state index in [4.69, 9.17) is 5.73 Å². The van der Waals surface area contributed by atoms with Crippen LogP contribution >= 0.6 is 0 Å². The summed E-state index contributed by atoms with van der Waals surface area (Å²) in [4.78, 5) is 0. The van der Waals surface area contributed by atoms with Crippen LogP contribution in [0.3, 0.4) is 0 Å². The number of fused-ring (bicyclic) bond motifs is 4. The highest BCUT2D eigenvalue weighted by atomic mass is 14.8. The zero-order valence-electron chi connectivity index (χ0n) is 20.6. The van der Waals surface area contributed by atoms with Crippen LogP contribution < -0.4 is 11.1 Å². The Balaban J connectivity index is 1.57. The summed E-state index contributed by atoms with van der Waals surface area (Å²) < 4.78 is 0. The van der Waals surface area contributed by atoms with Crippen molar-refractivity contribution in [2.45, 2.75) is 0 Å². The second-order valence-electron chi connectivity index (χ2n) is 9.69. The molecule has 176 valence electrons. The Morgan fingerprint density at radius 3 is 1.43 bits per heavy atom. The van der Waals surface area contributed by atoms with Crippen LogP contribution in [-0.4, -0.2) is 7.05 Å². The van der Waals surface area contributed by atoms with Gasteiger partial charge >= 0.3 is 0 Å². The van der Waals surface area contributed by atoms with Gasteiger partial charge in [0.15, 0.2) is 0 Å². The molecule has 0 fully saturated rings. The minimum absolute atomic E-state index is 0.785. The average Bonchev–Trinajstić information content (AvgIpc) is 2.94. The summed E-state index contributed by atoms with van der Waals surface area (Å²) in [5.41, 5.74) is 13.0. The molecule has 37 heavy (non-hydrogen) atoms. The van der Waals surface area contributed by atoms with Crippen LogP contribution in [0.2, 0.25) is 0 Å². The standard InChI is InChI=1S/C35H26N2/c1-37-29-17-15-23-11-13-25(19-27(23)21-29)35-32-8-4-2-6-30(32)34(31-7-3-5-9-33(31)35)24-12-10-22-14-16-28(36)20-26(22)18-24/h2-21,37H,36H2,1H3. The van der Waals surface area contributed by atoms with E-state index in [1.165, 1.54) is 60.0 Å². The Labute approximate surface area is 216 Å². The van der Waals surface area contributed by atoms with Gasteiger partial charge in [-0.15, -0.1) is 0 Å². The summed E-state index contributed by atoms with van der Waals surface area (Å²) in [6.07, 6.45) is 0. The Morgan fingerprint density at radius 2 is 0.919 bits per heavy atom. The third-order valence-electron chi connectivity index (χ3n) is 7.50. The maximum absolute atomic E-state index is 6.13. The van der Waals surface area contributed by atoms with Gasteiger partial charge in [-0.25, -0.2) is 0 Å². The Hall–Kier alpha value is -4.82. The molecular formula is C35H26N2. The first-order chi connectivity index (χ1) is 18.2. The molecule has 2 heteroatoms. The van der Waals surface area contributed by atoms with Crippen LogP contribution in [0.25, 0.3) is 65.3 Å². The monoisotopic (exact) mass is 474 g/mol. The van der Waals surface area contributed by atoms with Gasteiger partial charge in [-0.1, -0.05) is 84.9 Å². The molecule has 0 unspecified atom stereocenters. The van der Waals surface area contributed by atoms with Gasteiger partial charge in [-0.2, -0.15) is 0 Å². The molecular weight excluding hydrogens is 448 g/mol. The van der Waals surface area contributed by atoms with E-state index in [0.29, 0.717) is 0 Å². The largest absolute Gasteiger partial charge is 0.399 e. The Kier molecular flexibility index (Phi) is 4.87. The molecule has 0 aliphatic carbocycles. The molecule has 2 nitrogen and oxygen atoms in total. The van der Waals surface area contributed by atoms with Crippen LogP contribution in [0.4, 0.5) is 11.4 Å². The van der Waals surface area contributed by atoms with Crippen LogP contribution in [0.5, 0.6) is 0 Å². The van der Waals surface area contributed by atoms with E-state index in [9.17, 15) is 0 Å². The number of rotatable bonds is 3. The first-order valence-corrected chi connectivity index (χ1v) is 12.6. The van der Waals surface area contributed by atoms with E-state index >= 15 is 0 Å². The fourth-order valence-electron chi connectivity index (χ4n) is 5.73. The first-order valence-electron chi connectivity index (χ1n) is 12.6. The maximum atomic E-state index is 6.13. The molecule has 7 rings (SSSR count). The highest BCUT2D eigenvalue weighted by Gasteiger charge is 2.17.